The van der Waals surface area contributed by atoms with Gasteiger partial charge in [-0.15, -0.1) is 0 Å². The van der Waals surface area contributed by atoms with Crippen LogP contribution in [0, 0.1) is 0 Å². The quantitative estimate of drug-likeness (QED) is 0.719. The molecule has 0 aliphatic heterocycles. The molecule has 0 unspecified atom stereocenters. The molecule has 0 fully saturated rings. The highest BCUT2D eigenvalue weighted by atomic mass is 16.5. The zero-order valence-corrected chi connectivity index (χ0v) is 9.53. The monoisotopic (exact) mass is 210 g/mol. The number of hydrogen-bond donors (Lipinski definition) is 0. The summed E-state index contributed by atoms with van der Waals surface area (Å²) in [4.78, 5) is 10.2. The van der Waals surface area contributed by atoms with E-state index in [0.29, 0.717) is 13.0 Å². The van der Waals surface area contributed by atoms with Gasteiger partial charge in [-0.2, -0.15) is 0 Å². The minimum atomic E-state index is -0.123. The maximum absolute atomic E-state index is 10.2. The van der Waals surface area contributed by atoms with Crippen LogP contribution >= 0.6 is 0 Å². The minimum Gasteiger partial charge on any atom is -0.497 e. The van der Waals surface area contributed by atoms with Crippen molar-refractivity contribution in [3.05, 3.63) is 30.3 Å². The summed E-state index contributed by atoms with van der Waals surface area (Å²) in [5.41, 5.74) is 0. The third-order valence-corrected chi connectivity index (χ3v) is 1.57. The molecule has 0 spiro atoms. The van der Waals surface area contributed by atoms with Gasteiger partial charge < -0.3 is 9.47 Å². The lowest BCUT2D eigenvalue weighted by atomic mass is 10.3. The highest BCUT2D eigenvalue weighted by Gasteiger charge is 1.91. The number of hydrogen-bond acceptors (Lipinski definition) is 3. The second kappa shape index (κ2) is 9.06. The molecule has 0 N–H and O–H groups in total. The number of ether oxygens (including phenoxy) is 2. The first-order valence-corrected chi connectivity index (χ1v) is 4.99. The van der Waals surface area contributed by atoms with Gasteiger partial charge in [0, 0.05) is 6.42 Å². The summed E-state index contributed by atoms with van der Waals surface area (Å²) in [5, 5.41) is 0. The number of esters is 1. The van der Waals surface area contributed by atoms with E-state index < -0.39 is 0 Å². The second-order valence-electron chi connectivity index (χ2n) is 2.68. The Morgan fingerprint density at radius 3 is 2.07 bits per heavy atom. The number of carbonyl (C=O) groups is 1. The van der Waals surface area contributed by atoms with Crippen molar-refractivity contribution in [3.8, 4) is 5.75 Å². The summed E-state index contributed by atoms with van der Waals surface area (Å²) in [6.45, 7) is 4.07. The van der Waals surface area contributed by atoms with E-state index in [0.717, 1.165) is 5.75 Å². The molecule has 1 rings (SSSR count). The lowest BCUT2D eigenvalue weighted by Gasteiger charge is -1.93. The van der Waals surface area contributed by atoms with Crippen molar-refractivity contribution in [2.24, 2.45) is 0 Å². The summed E-state index contributed by atoms with van der Waals surface area (Å²) in [5.74, 6) is 0.787. The Balaban J connectivity index is 0.000000265. The van der Waals surface area contributed by atoms with Crippen molar-refractivity contribution in [1.29, 1.82) is 0 Å². The summed E-state index contributed by atoms with van der Waals surface area (Å²) in [6.07, 6.45) is 0.480. The Morgan fingerprint density at radius 2 is 1.80 bits per heavy atom. The van der Waals surface area contributed by atoms with Crippen LogP contribution in [0.2, 0.25) is 0 Å². The molecule has 0 radical (unpaired) electrons. The van der Waals surface area contributed by atoms with Crippen LogP contribution in [0.1, 0.15) is 20.3 Å². The van der Waals surface area contributed by atoms with Crippen molar-refractivity contribution in [2.75, 3.05) is 13.7 Å². The Morgan fingerprint density at radius 1 is 1.20 bits per heavy atom. The fraction of sp³-hybridized carbons (Fsp3) is 0.417. The summed E-state index contributed by atoms with van der Waals surface area (Å²) < 4.78 is 9.47. The topological polar surface area (TPSA) is 35.5 Å². The number of carbonyl (C=O) groups excluding carboxylic acids is 1. The smallest absolute Gasteiger partial charge is 0.305 e. The van der Waals surface area contributed by atoms with Gasteiger partial charge in [-0.25, -0.2) is 0 Å². The maximum atomic E-state index is 10.2. The molecule has 0 saturated heterocycles. The van der Waals surface area contributed by atoms with Gasteiger partial charge in [0.1, 0.15) is 5.75 Å². The van der Waals surface area contributed by atoms with Crippen LogP contribution in [0.15, 0.2) is 30.3 Å². The lowest BCUT2D eigenvalue weighted by molar-refractivity contribution is -0.142. The lowest BCUT2D eigenvalue weighted by Crippen LogP contribution is -2.00. The van der Waals surface area contributed by atoms with Gasteiger partial charge in [0.2, 0.25) is 0 Å². The van der Waals surface area contributed by atoms with E-state index in [2.05, 4.69) is 4.74 Å². The molecule has 0 aromatic heterocycles. The van der Waals surface area contributed by atoms with Crippen molar-refractivity contribution in [2.45, 2.75) is 20.3 Å². The van der Waals surface area contributed by atoms with Crippen molar-refractivity contribution < 1.29 is 14.3 Å². The molecule has 3 nitrogen and oxygen atoms in total. The van der Waals surface area contributed by atoms with Gasteiger partial charge in [0.25, 0.3) is 0 Å². The molecular formula is C12H18O3. The van der Waals surface area contributed by atoms with Crippen LogP contribution in [0.25, 0.3) is 0 Å². The molecular weight excluding hydrogens is 192 g/mol. The summed E-state index contributed by atoms with van der Waals surface area (Å²) >= 11 is 0. The average molecular weight is 210 g/mol. The van der Waals surface area contributed by atoms with Crippen molar-refractivity contribution in [1.82, 2.24) is 0 Å². The van der Waals surface area contributed by atoms with E-state index >= 15 is 0 Å². The minimum absolute atomic E-state index is 0.123. The second-order valence-corrected chi connectivity index (χ2v) is 2.68. The van der Waals surface area contributed by atoms with E-state index in [9.17, 15) is 4.79 Å². The third kappa shape index (κ3) is 7.55. The molecule has 1 aromatic carbocycles. The van der Waals surface area contributed by atoms with Gasteiger partial charge in [0.15, 0.2) is 0 Å². The molecule has 0 heterocycles. The average Bonchev–Trinajstić information content (AvgIpc) is 2.31. The molecule has 0 aliphatic carbocycles. The third-order valence-electron chi connectivity index (χ3n) is 1.57. The molecule has 15 heavy (non-hydrogen) atoms. The standard InChI is InChI=1S/C7H8O.C5H10O2/c1-8-7-5-3-2-4-6-7;1-3-5(6)7-4-2/h2-6H,1H3;3-4H2,1-2H3. The van der Waals surface area contributed by atoms with Crippen LogP contribution < -0.4 is 4.74 Å². The van der Waals surface area contributed by atoms with Gasteiger partial charge >= 0.3 is 5.97 Å². The molecule has 0 amide bonds. The van der Waals surface area contributed by atoms with Gasteiger partial charge in [-0.1, -0.05) is 25.1 Å². The molecule has 1 aromatic rings. The molecule has 0 aliphatic rings. The molecule has 84 valence electrons. The Kier molecular flexibility index (Phi) is 8.15. The van der Waals surface area contributed by atoms with Crippen LogP contribution in [0.3, 0.4) is 0 Å². The van der Waals surface area contributed by atoms with Crippen LogP contribution in [0.4, 0.5) is 0 Å². The van der Waals surface area contributed by atoms with E-state index in [1.807, 2.05) is 30.3 Å². The molecule has 0 atom stereocenters. The van der Waals surface area contributed by atoms with Crippen LogP contribution in [0.5, 0.6) is 5.75 Å². The zero-order valence-electron chi connectivity index (χ0n) is 9.53. The zero-order chi connectivity index (χ0) is 11.5. The summed E-state index contributed by atoms with van der Waals surface area (Å²) in [6, 6.07) is 9.68. The number of rotatable bonds is 3. The normalized spacial score (nSPS) is 8.47. The molecule has 3 heteroatoms. The first-order valence-electron chi connectivity index (χ1n) is 4.99. The van der Waals surface area contributed by atoms with E-state index in [1.54, 1.807) is 21.0 Å². The summed E-state index contributed by atoms with van der Waals surface area (Å²) in [7, 11) is 1.66. The fourth-order valence-electron chi connectivity index (χ4n) is 0.820. The van der Waals surface area contributed by atoms with Gasteiger partial charge in [0.05, 0.1) is 13.7 Å². The number of para-hydroxylation sites is 1. The first-order chi connectivity index (χ1) is 7.24. The SMILES string of the molecule is CCOC(=O)CC.COc1ccccc1. The largest absolute Gasteiger partial charge is 0.497 e. The highest BCUT2D eigenvalue weighted by molar-refractivity contribution is 5.68. The highest BCUT2D eigenvalue weighted by Crippen LogP contribution is 2.05. The molecule has 0 saturated carbocycles. The number of methoxy groups -OCH3 is 1. The maximum Gasteiger partial charge on any atom is 0.305 e. The van der Waals surface area contributed by atoms with Crippen molar-refractivity contribution in [3.63, 3.8) is 0 Å². The van der Waals surface area contributed by atoms with E-state index in [1.165, 1.54) is 0 Å². The Bertz CT molecular complexity index is 257. The van der Waals surface area contributed by atoms with Crippen LogP contribution in [-0.4, -0.2) is 19.7 Å². The Hall–Kier alpha value is -1.51. The first kappa shape index (κ1) is 13.5. The number of benzene rings is 1. The predicted molar refractivity (Wildman–Crippen MR) is 59.9 cm³/mol. The fourth-order valence-corrected chi connectivity index (χ4v) is 0.820. The van der Waals surface area contributed by atoms with E-state index in [4.69, 9.17) is 4.74 Å². The van der Waals surface area contributed by atoms with E-state index in [-0.39, 0.29) is 5.97 Å². The molecule has 0 bridgehead atoms. The predicted octanol–water partition coefficient (Wildman–Crippen LogP) is 2.65. The van der Waals surface area contributed by atoms with Crippen molar-refractivity contribution >= 4 is 5.97 Å². The van der Waals surface area contributed by atoms with Crippen LogP contribution in [-0.2, 0) is 9.53 Å². The van der Waals surface area contributed by atoms with Gasteiger partial charge in [-0.05, 0) is 19.1 Å². The Labute approximate surface area is 91.0 Å². The van der Waals surface area contributed by atoms with Gasteiger partial charge in [-0.3, -0.25) is 4.79 Å².